The second kappa shape index (κ2) is 12.8. The molecular weight excluding hydrogens is 496 g/mol. The van der Waals surface area contributed by atoms with Gasteiger partial charge in [-0.15, -0.1) is 0 Å². The molecule has 4 saturated carbocycles. The zero-order valence-electron chi connectivity index (χ0n) is 25.2. The van der Waals surface area contributed by atoms with Gasteiger partial charge in [-0.25, -0.2) is 0 Å². The molecule has 6 nitrogen and oxygen atoms in total. The van der Waals surface area contributed by atoms with E-state index in [0.717, 1.165) is 51.7 Å². The van der Waals surface area contributed by atoms with Crippen molar-refractivity contribution in [1.29, 1.82) is 0 Å². The highest BCUT2D eigenvalue weighted by Crippen LogP contribution is 2.54. The summed E-state index contributed by atoms with van der Waals surface area (Å²) in [6, 6.07) is 3.53. The number of aliphatic imine (C=N–C) groups is 1. The largest absolute Gasteiger partial charge is 0.381 e. The van der Waals surface area contributed by atoms with Crippen molar-refractivity contribution in [1.82, 2.24) is 9.78 Å². The van der Waals surface area contributed by atoms with Gasteiger partial charge in [0.05, 0.1) is 17.8 Å². The van der Waals surface area contributed by atoms with Crippen LogP contribution in [0.5, 0.6) is 0 Å². The molecule has 0 aromatic carbocycles. The number of nitrogens with two attached hydrogens (primary N) is 1. The van der Waals surface area contributed by atoms with E-state index in [1.165, 1.54) is 81.3 Å². The number of rotatable bonds is 6. The van der Waals surface area contributed by atoms with E-state index in [-0.39, 0.29) is 18.0 Å². The Labute approximate surface area is 242 Å². The number of aromatic nitrogens is 2. The lowest BCUT2D eigenvalue weighted by Crippen LogP contribution is -2.46. The summed E-state index contributed by atoms with van der Waals surface area (Å²) < 4.78 is 8.24. The summed E-state index contributed by atoms with van der Waals surface area (Å²) in [5, 5.41) is 5.51. The Morgan fingerprint density at radius 2 is 1.62 bits per heavy atom. The van der Waals surface area contributed by atoms with Crippen LogP contribution in [0, 0.1) is 23.7 Å². The van der Waals surface area contributed by atoms with Crippen molar-refractivity contribution in [2.24, 2.45) is 34.4 Å². The molecule has 4 aliphatic carbocycles. The SMILES string of the molecule is CC(=O)C1CCC(c2cc(C3CCOCC3)n(C3CCCCC3)n2)C2CCCC(C(C)=NC3CCCCC3N)C12. The van der Waals surface area contributed by atoms with Gasteiger partial charge in [0, 0.05) is 54.3 Å². The Morgan fingerprint density at radius 3 is 2.38 bits per heavy atom. The molecule has 1 aliphatic heterocycles. The van der Waals surface area contributed by atoms with Crippen LogP contribution in [0.15, 0.2) is 11.1 Å². The Morgan fingerprint density at radius 1 is 0.875 bits per heavy atom. The Bertz CT molecular complexity index is 1000. The number of nitrogens with zero attached hydrogens (tertiary/aromatic N) is 3. The molecule has 222 valence electrons. The Balaban J connectivity index is 1.31. The second-order valence-electron chi connectivity index (χ2n) is 14.1. The number of carbonyl (C=O) groups excluding carboxylic acids is 1. The number of fused-ring (bicyclic) bond motifs is 1. The van der Waals surface area contributed by atoms with Gasteiger partial charge >= 0.3 is 0 Å². The minimum atomic E-state index is 0.159. The Hall–Kier alpha value is -1.53. The third-order valence-corrected chi connectivity index (χ3v) is 11.7. The minimum Gasteiger partial charge on any atom is -0.381 e. The fourth-order valence-electron chi connectivity index (χ4n) is 9.58. The van der Waals surface area contributed by atoms with Gasteiger partial charge in [-0.3, -0.25) is 14.5 Å². The van der Waals surface area contributed by atoms with Crippen LogP contribution >= 0.6 is 0 Å². The van der Waals surface area contributed by atoms with E-state index in [4.69, 9.17) is 20.6 Å². The molecule has 2 N–H and O–H groups in total. The first-order chi connectivity index (χ1) is 19.5. The lowest BCUT2D eigenvalue weighted by Gasteiger charge is -2.49. The lowest BCUT2D eigenvalue weighted by atomic mass is 9.55. The summed E-state index contributed by atoms with van der Waals surface area (Å²) in [6.45, 7) is 5.85. The zero-order chi connectivity index (χ0) is 27.6. The van der Waals surface area contributed by atoms with Gasteiger partial charge in [0.15, 0.2) is 0 Å². The van der Waals surface area contributed by atoms with Crippen molar-refractivity contribution in [3.63, 3.8) is 0 Å². The van der Waals surface area contributed by atoms with Gasteiger partial charge in [-0.2, -0.15) is 5.10 Å². The first-order valence-corrected chi connectivity index (χ1v) is 17.0. The fourth-order valence-corrected chi connectivity index (χ4v) is 9.58. The minimum absolute atomic E-state index is 0.159. The topological polar surface area (TPSA) is 82.5 Å². The average Bonchev–Trinajstić information content (AvgIpc) is 3.43. The molecular formula is C34H54N4O2. The van der Waals surface area contributed by atoms with Crippen molar-refractivity contribution in [3.05, 3.63) is 17.5 Å². The van der Waals surface area contributed by atoms with E-state index in [2.05, 4.69) is 17.7 Å². The van der Waals surface area contributed by atoms with Crippen LogP contribution in [-0.2, 0) is 9.53 Å². The summed E-state index contributed by atoms with van der Waals surface area (Å²) in [5.74, 6) is 2.88. The summed E-state index contributed by atoms with van der Waals surface area (Å²) >= 11 is 0. The molecule has 7 unspecified atom stereocenters. The van der Waals surface area contributed by atoms with Gasteiger partial charge in [0.2, 0.25) is 0 Å². The molecule has 6 heteroatoms. The predicted octanol–water partition coefficient (Wildman–Crippen LogP) is 7.13. The summed E-state index contributed by atoms with van der Waals surface area (Å²) in [7, 11) is 0. The lowest BCUT2D eigenvalue weighted by molar-refractivity contribution is -0.126. The molecule has 40 heavy (non-hydrogen) atoms. The van der Waals surface area contributed by atoms with Crippen molar-refractivity contribution in [3.8, 4) is 0 Å². The molecule has 7 atom stereocenters. The van der Waals surface area contributed by atoms with Crippen LogP contribution in [0.25, 0.3) is 0 Å². The van der Waals surface area contributed by atoms with Crippen LogP contribution in [0.1, 0.15) is 146 Å². The van der Waals surface area contributed by atoms with Crippen LogP contribution in [0.3, 0.4) is 0 Å². The third-order valence-electron chi connectivity index (χ3n) is 11.7. The van der Waals surface area contributed by atoms with E-state index >= 15 is 0 Å². The number of ketones is 1. The van der Waals surface area contributed by atoms with Crippen molar-refractivity contribution in [2.75, 3.05) is 13.2 Å². The molecule has 1 saturated heterocycles. The maximum atomic E-state index is 13.1. The monoisotopic (exact) mass is 550 g/mol. The quantitative estimate of drug-likeness (QED) is 0.382. The Kier molecular flexibility index (Phi) is 9.13. The maximum Gasteiger partial charge on any atom is 0.133 e. The normalized spacial score (nSPS) is 36.8. The summed E-state index contributed by atoms with van der Waals surface area (Å²) in [6.07, 6.45) is 19.2. The van der Waals surface area contributed by atoms with Crippen LogP contribution in [0.4, 0.5) is 0 Å². The molecule has 0 amide bonds. The molecule has 0 spiro atoms. The summed E-state index contributed by atoms with van der Waals surface area (Å²) in [4.78, 5) is 18.4. The number of hydrogen-bond donors (Lipinski definition) is 1. The maximum absolute atomic E-state index is 13.1. The van der Waals surface area contributed by atoms with Gasteiger partial charge in [0.25, 0.3) is 0 Å². The highest BCUT2D eigenvalue weighted by atomic mass is 16.5. The van der Waals surface area contributed by atoms with E-state index in [1.54, 1.807) is 0 Å². The molecule has 2 heterocycles. The second-order valence-corrected chi connectivity index (χ2v) is 14.1. The first kappa shape index (κ1) is 28.6. The molecule has 5 aliphatic rings. The standard InChI is InChI=1S/C34H54N4O2/c1-22(36-31-14-7-6-13-30(31)35)26-11-8-12-29-28(16-15-27(23(2)39)34(26)29)32-21-33(24-17-19-40-20-18-24)38(37-32)25-9-4-3-5-10-25/h21,24-31,34H,3-20,35H2,1-2H3. The van der Waals surface area contributed by atoms with Crippen molar-refractivity contribution >= 4 is 11.5 Å². The summed E-state index contributed by atoms with van der Waals surface area (Å²) in [5.41, 5.74) is 10.6. The zero-order valence-corrected chi connectivity index (χ0v) is 25.2. The van der Waals surface area contributed by atoms with Crippen LogP contribution in [0.2, 0.25) is 0 Å². The van der Waals surface area contributed by atoms with Gasteiger partial charge < -0.3 is 10.5 Å². The van der Waals surface area contributed by atoms with E-state index < -0.39 is 0 Å². The molecule has 0 radical (unpaired) electrons. The van der Waals surface area contributed by atoms with Crippen LogP contribution in [-0.4, -0.2) is 46.6 Å². The third kappa shape index (κ3) is 5.86. The van der Waals surface area contributed by atoms with Crippen molar-refractivity contribution in [2.45, 2.75) is 147 Å². The van der Waals surface area contributed by atoms with Crippen molar-refractivity contribution < 1.29 is 9.53 Å². The average molecular weight is 551 g/mol. The number of Topliss-reactive ketones (excluding diaryl/α,β-unsaturated/α-hetero) is 1. The first-order valence-electron chi connectivity index (χ1n) is 17.0. The smallest absolute Gasteiger partial charge is 0.133 e. The van der Waals surface area contributed by atoms with E-state index in [1.807, 2.05) is 6.92 Å². The fraction of sp³-hybridized carbons (Fsp3) is 0.853. The van der Waals surface area contributed by atoms with Gasteiger partial charge in [-0.1, -0.05) is 38.5 Å². The molecule has 6 rings (SSSR count). The molecule has 5 fully saturated rings. The van der Waals surface area contributed by atoms with Gasteiger partial charge in [-0.05, 0) is 96.0 Å². The number of ether oxygens (including phenoxy) is 1. The highest BCUT2D eigenvalue weighted by molar-refractivity contribution is 5.86. The highest BCUT2D eigenvalue weighted by Gasteiger charge is 2.48. The molecule has 1 aromatic rings. The molecule has 1 aromatic heterocycles. The van der Waals surface area contributed by atoms with E-state index in [0.29, 0.717) is 41.4 Å². The van der Waals surface area contributed by atoms with Gasteiger partial charge in [0.1, 0.15) is 5.78 Å². The molecule has 0 bridgehead atoms. The predicted molar refractivity (Wildman–Crippen MR) is 161 cm³/mol. The van der Waals surface area contributed by atoms with Crippen LogP contribution < -0.4 is 5.73 Å². The number of hydrogen-bond acceptors (Lipinski definition) is 5. The number of carbonyl (C=O) groups is 1. The van der Waals surface area contributed by atoms with E-state index in [9.17, 15) is 4.79 Å².